The number of aromatic nitrogens is 1. The van der Waals surface area contributed by atoms with Crippen LogP contribution in [0.15, 0.2) is 36.5 Å². The molecule has 3 nitrogen and oxygen atoms in total. The van der Waals surface area contributed by atoms with E-state index >= 15 is 0 Å². The molecule has 134 valence electrons. The first-order valence-electron chi connectivity index (χ1n) is 9.68. The lowest BCUT2D eigenvalue weighted by atomic mass is 9.86. The van der Waals surface area contributed by atoms with E-state index in [2.05, 4.69) is 54.9 Å². The van der Waals surface area contributed by atoms with Gasteiger partial charge in [-0.3, -0.25) is 9.88 Å². The average molecular weight is 346 g/mol. The Morgan fingerprint density at radius 2 is 2.12 bits per heavy atom. The second-order valence-corrected chi connectivity index (χ2v) is 7.31. The molecule has 0 bridgehead atoms. The topological polar surface area (TPSA) is 25.4 Å². The summed E-state index contributed by atoms with van der Waals surface area (Å²) < 4.78 is 6.19. The molecule has 0 N–H and O–H groups in total. The first kappa shape index (κ1) is 17.3. The van der Waals surface area contributed by atoms with Crippen LogP contribution in [0.1, 0.15) is 53.8 Å². The van der Waals surface area contributed by atoms with Crippen LogP contribution in [-0.2, 0) is 11.2 Å². The third kappa shape index (κ3) is 3.53. The van der Waals surface area contributed by atoms with Gasteiger partial charge in [-0.1, -0.05) is 30.9 Å². The molecule has 1 aliphatic carbocycles. The molecule has 2 heterocycles. The molecule has 0 unspecified atom stereocenters. The van der Waals surface area contributed by atoms with E-state index in [0.717, 1.165) is 43.7 Å². The minimum atomic E-state index is 0.146. The lowest BCUT2D eigenvalue weighted by molar-refractivity contribution is -0.0805. The highest BCUT2D eigenvalue weighted by Gasteiger charge is 2.37. The predicted octanol–water partition coefficient (Wildman–Crippen LogP) is 3.89. The molecule has 0 saturated carbocycles. The summed E-state index contributed by atoms with van der Waals surface area (Å²) in [5.41, 5.74) is 5.68. The van der Waals surface area contributed by atoms with Crippen LogP contribution in [0.25, 0.3) is 0 Å². The predicted molar refractivity (Wildman–Crippen MR) is 104 cm³/mol. The number of hydrogen-bond acceptors (Lipinski definition) is 3. The van der Waals surface area contributed by atoms with Crippen LogP contribution in [0, 0.1) is 18.8 Å². The zero-order valence-corrected chi connectivity index (χ0v) is 15.7. The van der Waals surface area contributed by atoms with Crippen molar-refractivity contribution in [3.8, 4) is 11.8 Å². The summed E-state index contributed by atoms with van der Waals surface area (Å²) in [6.07, 6.45) is 5.42. The first-order chi connectivity index (χ1) is 12.7. The van der Waals surface area contributed by atoms with Gasteiger partial charge in [0.1, 0.15) is 0 Å². The molecule has 0 radical (unpaired) electrons. The van der Waals surface area contributed by atoms with Crippen LogP contribution in [-0.4, -0.2) is 35.6 Å². The zero-order valence-electron chi connectivity index (χ0n) is 15.7. The number of morpholine rings is 1. The first-order valence-corrected chi connectivity index (χ1v) is 9.68. The molecule has 1 aromatic heterocycles. The number of nitrogens with zero attached hydrogens (tertiary/aromatic N) is 2. The van der Waals surface area contributed by atoms with Crippen LogP contribution in [0.5, 0.6) is 0 Å². The Labute approximate surface area is 156 Å². The highest BCUT2D eigenvalue weighted by atomic mass is 16.5. The third-order valence-electron chi connectivity index (χ3n) is 5.36. The van der Waals surface area contributed by atoms with Gasteiger partial charge in [0.2, 0.25) is 0 Å². The molecule has 2 atom stereocenters. The van der Waals surface area contributed by atoms with E-state index in [1.165, 1.54) is 23.2 Å². The fraction of sp³-hybridized carbons (Fsp3) is 0.435. The Hall–Kier alpha value is -2.15. The number of aryl methyl sites for hydroxylation is 2. The molecule has 1 saturated heterocycles. The lowest BCUT2D eigenvalue weighted by Gasteiger charge is -2.44. The smallest absolute Gasteiger partial charge is 0.0998 e. The second kappa shape index (κ2) is 7.61. The van der Waals surface area contributed by atoms with Crippen molar-refractivity contribution < 1.29 is 4.74 Å². The summed E-state index contributed by atoms with van der Waals surface area (Å²) in [7, 11) is 0. The quantitative estimate of drug-likeness (QED) is 0.772. The van der Waals surface area contributed by atoms with Gasteiger partial charge in [0.15, 0.2) is 0 Å². The Kier molecular flexibility index (Phi) is 5.06. The summed E-state index contributed by atoms with van der Waals surface area (Å²) in [6, 6.07) is 11.0. The Morgan fingerprint density at radius 3 is 2.96 bits per heavy atom. The second-order valence-electron chi connectivity index (χ2n) is 7.31. The summed E-state index contributed by atoms with van der Waals surface area (Å²) in [5, 5.41) is 0. The average Bonchev–Trinajstić information content (AvgIpc) is 2.66. The van der Waals surface area contributed by atoms with Crippen molar-refractivity contribution in [1.29, 1.82) is 0 Å². The van der Waals surface area contributed by atoms with Crippen molar-refractivity contribution in [3.05, 3.63) is 64.5 Å². The Morgan fingerprint density at radius 1 is 1.23 bits per heavy atom. The molecular weight excluding hydrogens is 320 g/mol. The Balaban J connectivity index is 1.62. The molecule has 2 aliphatic rings. The maximum atomic E-state index is 6.19. The lowest BCUT2D eigenvalue weighted by Crippen LogP contribution is -2.49. The SMILES string of the molecule is CCCN1CCO[C@@H]2c3cc(C#Cc4cccc(C)c4)cnc3CC[C@@H]21. The van der Waals surface area contributed by atoms with Gasteiger partial charge >= 0.3 is 0 Å². The molecule has 0 spiro atoms. The molecule has 1 fully saturated rings. The van der Waals surface area contributed by atoms with Crippen LogP contribution < -0.4 is 0 Å². The summed E-state index contributed by atoms with van der Waals surface area (Å²) in [5.74, 6) is 6.56. The largest absolute Gasteiger partial charge is 0.370 e. The van der Waals surface area contributed by atoms with E-state index in [1.807, 2.05) is 12.3 Å². The van der Waals surface area contributed by atoms with Gasteiger partial charge in [0.25, 0.3) is 0 Å². The van der Waals surface area contributed by atoms with Gasteiger partial charge in [-0.25, -0.2) is 0 Å². The van der Waals surface area contributed by atoms with E-state index in [4.69, 9.17) is 9.72 Å². The fourth-order valence-electron chi connectivity index (χ4n) is 4.15. The van der Waals surface area contributed by atoms with Crippen molar-refractivity contribution in [3.63, 3.8) is 0 Å². The zero-order chi connectivity index (χ0) is 17.9. The highest BCUT2D eigenvalue weighted by molar-refractivity contribution is 5.45. The van der Waals surface area contributed by atoms with Crippen LogP contribution in [0.3, 0.4) is 0 Å². The van der Waals surface area contributed by atoms with Gasteiger partial charge in [-0.05, 0) is 56.5 Å². The van der Waals surface area contributed by atoms with Crippen LogP contribution in [0.2, 0.25) is 0 Å². The van der Waals surface area contributed by atoms with Gasteiger partial charge < -0.3 is 4.74 Å². The van der Waals surface area contributed by atoms with Crippen molar-refractivity contribution in [2.75, 3.05) is 19.7 Å². The van der Waals surface area contributed by atoms with Gasteiger partial charge in [-0.15, -0.1) is 0 Å². The van der Waals surface area contributed by atoms with Crippen LogP contribution >= 0.6 is 0 Å². The molecule has 3 heteroatoms. The van der Waals surface area contributed by atoms with Gasteiger partial charge in [0, 0.05) is 41.2 Å². The van der Waals surface area contributed by atoms with E-state index in [9.17, 15) is 0 Å². The fourth-order valence-corrected chi connectivity index (χ4v) is 4.15. The highest BCUT2D eigenvalue weighted by Crippen LogP contribution is 2.37. The molecule has 0 amide bonds. The molecule has 1 aromatic carbocycles. The van der Waals surface area contributed by atoms with E-state index in [1.54, 1.807) is 0 Å². The molecule has 26 heavy (non-hydrogen) atoms. The van der Waals surface area contributed by atoms with Crippen LogP contribution in [0.4, 0.5) is 0 Å². The number of fused-ring (bicyclic) bond motifs is 3. The van der Waals surface area contributed by atoms with Crippen molar-refractivity contribution >= 4 is 0 Å². The number of rotatable bonds is 2. The number of pyridine rings is 1. The van der Waals surface area contributed by atoms with E-state index in [-0.39, 0.29) is 6.10 Å². The monoisotopic (exact) mass is 346 g/mol. The number of benzene rings is 1. The number of ether oxygens (including phenoxy) is 1. The standard InChI is InChI=1S/C23H26N2O/c1-3-11-25-12-13-26-23-20-15-19(16-24-21(20)9-10-22(23)25)8-7-18-6-4-5-17(2)14-18/h4-6,14-16,22-23H,3,9-13H2,1-2H3/t22-,23+/m0/s1. The van der Waals surface area contributed by atoms with Gasteiger partial charge in [-0.2, -0.15) is 0 Å². The van der Waals surface area contributed by atoms with Crippen molar-refractivity contribution in [2.45, 2.75) is 45.3 Å². The Bertz CT molecular complexity index is 847. The maximum absolute atomic E-state index is 6.19. The maximum Gasteiger partial charge on any atom is 0.0998 e. The molecule has 1 aliphatic heterocycles. The molecule has 2 aromatic rings. The third-order valence-corrected chi connectivity index (χ3v) is 5.36. The number of hydrogen-bond donors (Lipinski definition) is 0. The summed E-state index contributed by atoms with van der Waals surface area (Å²) >= 11 is 0. The van der Waals surface area contributed by atoms with Crippen molar-refractivity contribution in [1.82, 2.24) is 9.88 Å². The minimum Gasteiger partial charge on any atom is -0.370 e. The van der Waals surface area contributed by atoms with E-state index in [0.29, 0.717) is 6.04 Å². The normalized spacial score (nSPS) is 22.1. The molecule has 4 rings (SSSR count). The summed E-state index contributed by atoms with van der Waals surface area (Å²) in [6.45, 7) is 7.35. The minimum absolute atomic E-state index is 0.146. The van der Waals surface area contributed by atoms with E-state index < -0.39 is 0 Å². The molecular formula is C23H26N2O. The van der Waals surface area contributed by atoms with Crippen molar-refractivity contribution in [2.24, 2.45) is 0 Å². The summed E-state index contributed by atoms with van der Waals surface area (Å²) in [4.78, 5) is 7.31. The van der Waals surface area contributed by atoms with Gasteiger partial charge in [0.05, 0.1) is 12.7 Å².